The van der Waals surface area contributed by atoms with Gasteiger partial charge in [0.15, 0.2) is 6.10 Å². The highest BCUT2D eigenvalue weighted by atomic mass is 35.5. The number of aromatic nitrogens is 2. The van der Waals surface area contributed by atoms with E-state index in [1.807, 2.05) is 42.5 Å². The van der Waals surface area contributed by atoms with Crippen LogP contribution in [0.3, 0.4) is 0 Å². The average Bonchev–Trinajstić information content (AvgIpc) is 3.24. The van der Waals surface area contributed by atoms with E-state index in [1.54, 1.807) is 25.1 Å². The number of carbonyl (C=O) groups excluding carboxylic acids is 1. The van der Waals surface area contributed by atoms with Gasteiger partial charge in [-0.3, -0.25) is 4.79 Å². The molecule has 9 heteroatoms. The second-order valence-corrected chi connectivity index (χ2v) is 8.37. The molecule has 1 N–H and O–H groups in total. The number of thioether (sulfide) groups is 1. The van der Waals surface area contributed by atoms with Crippen molar-refractivity contribution in [3.8, 4) is 5.75 Å². The van der Waals surface area contributed by atoms with Crippen molar-refractivity contribution >= 4 is 57.3 Å². The van der Waals surface area contributed by atoms with Crippen LogP contribution in [0.4, 0.5) is 5.69 Å². The first kappa shape index (κ1) is 21.5. The zero-order valence-corrected chi connectivity index (χ0v) is 18.7. The first-order valence-corrected chi connectivity index (χ1v) is 11.1. The van der Waals surface area contributed by atoms with Crippen molar-refractivity contribution in [3.63, 3.8) is 0 Å². The molecule has 0 unspecified atom stereocenters. The summed E-state index contributed by atoms with van der Waals surface area (Å²) >= 11 is 13.2. The minimum absolute atomic E-state index is 0.128. The molecule has 4 aromatic rings. The number of anilines is 1. The average molecular weight is 474 g/mol. The Morgan fingerprint density at radius 2 is 1.94 bits per heavy atom. The van der Waals surface area contributed by atoms with E-state index in [1.165, 1.54) is 0 Å². The lowest BCUT2D eigenvalue weighted by molar-refractivity contribution is -0.113. The Morgan fingerprint density at radius 1 is 1.13 bits per heavy atom. The third-order valence-electron chi connectivity index (χ3n) is 4.36. The summed E-state index contributed by atoms with van der Waals surface area (Å²) in [6, 6.07) is 18.6. The number of benzene rings is 3. The van der Waals surface area contributed by atoms with Gasteiger partial charge in [-0.25, -0.2) is 0 Å². The molecule has 1 heterocycles. The fourth-order valence-electron chi connectivity index (χ4n) is 2.90. The maximum absolute atomic E-state index is 12.4. The summed E-state index contributed by atoms with van der Waals surface area (Å²) in [6.45, 7) is 1.76. The van der Waals surface area contributed by atoms with Crippen molar-refractivity contribution in [2.75, 3.05) is 11.1 Å². The molecule has 0 saturated heterocycles. The zero-order chi connectivity index (χ0) is 21.8. The van der Waals surface area contributed by atoms with Crippen LogP contribution in [0.1, 0.15) is 18.9 Å². The number of halogens is 2. The van der Waals surface area contributed by atoms with Crippen LogP contribution in [0.25, 0.3) is 10.8 Å². The van der Waals surface area contributed by atoms with Gasteiger partial charge in [-0.05, 0) is 36.6 Å². The van der Waals surface area contributed by atoms with Gasteiger partial charge < -0.3 is 14.5 Å². The lowest BCUT2D eigenvalue weighted by Gasteiger charge is -2.12. The number of ether oxygens (including phenoxy) is 1. The van der Waals surface area contributed by atoms with Crippen molar-refractivity contribution < 1.29 is 13.9 Å². The highest BCUT2D eigenvalue weighted by Gasteiger charge is 2.18. The van der Waals surface area contributed by atoms with Crippen molar-refractivity contribution in [3.05, 3.63) is 76.6 Å². The Hall–Kier alpha value is -2.74. The van der Waals surface area contributed by atoms with E-state index in [0.29, 0.717) is 15.8 Å². The molecular formula is C22H17Cl2N3O3S. The molecule has 6 nitrogen and oxygen atoms in total. The number of amides is 1. The fraction of sp³-hybridized carbons (Fsp3) is 0.136. The number of hydrogen-bond acceptors (Lipinski definition) is 6. The van der Waals surface area contributed by atoms with Crippen molar-refractivity contribution in [1.82, 2.24) is 10.2 Å². The summed E-state index contributed by atoms with van der Waals surface area (Å²) in [4.78, 5) is 12.4. The van der Waals surface area contributed by atoms with E-state index >= 15 is 0 Å². The zero-order valence-electron chi connectivity index (χ0n) is 16.3. The predicted molar refractivity (Wildman–Crippen MR) is 123 cm³/mol. The van der Waals surface area contributed by atoms with Crippen LogP contribution in [0, 0.1) is 0 Å². The van der Waals surface area contributed by atoms with Gasteiger partial charge in [-0.1, -0.05) is 71.4 Å². The Balaban J connectivity index is 1.35. The highest BCUT2D eigenvalue weighted by Crippen LogP contribution is 2.31. The second-order valence-electron chi connectivity index (χ2n) is 6.60. The minimum Gasteiger partial charge on any atom is -0.479 e. The molecular weight excluding hydrogens is 457 g/mol. The van der Waals surface area contributed by atoms with Crippen molar-refractivity contribution in [2.24, 2.45) is 0 Å². The third-order valence-corrected chi connectivity index (χ3v) is 5.71. The molecule has 1 atom stereocenters. The quantitative estimate of drug-likeness (QED) is 0.313. The normalized spacial score (nSPS) is 12.0. The lowest BCUT2D eigenvalue weighted by atomic mass is 10.1. The number of carbonyl (C=O) groups is 1. The fourth-order valence-corrected chi connectivity index (χ4v) is 3.93. The Morgan fingerprint density at radius 3 is 2.77 bits per heavy atom. The molecule has 0 aliphatic heterocycles. The molecule has 31 heavy (non-hydrogen) atoms. The first-order valence-electron chi connectivity index (χ1n) is 9.35. The first-order chi connectivity index (χ1) is 15.0. The Bertz CT molecular complexity index is 1230. The number of nitrogens with zero attached hydrogens (tertiary/aromatic N) is 2. The lowest BCUT2D eigenvalue weighted by Crippen LogP contribution is -2.14. The van der Waals surface area contributed by atoms with E-state index in [2.05, 4.69) is 15.5 Å². The van der Waals surface area contributed by atoms with Crippen molar-refractivity contribution in [1.29, 1.82) is 0 Å². The largest absolute Gasteiger partial charge is 0.479 e. The van der Waals surface area contributed by atoms with E-state index in [4.69, 9.17) is 32.4 Å². The van der Waals surface area contributed by atoms with Gasteiger partial charge >= 0.3 is 0 Å². The van der Waals surface area contributed by atoms with Gasteiger partial charge in [0.05, 0.1) is 10.8 Å². The summed E-state index contributed by atoms with van der Waals surface area (Å²) in [6.07, 6.45) is -0.523. The van der Waals surface area contributed by atoms with Crippen LogP contribution in [0.2, 0.25) is 10.0 Å². The summed E-state index contributed by atoms with van der Waals surface area (Å²) < 4.78 is 11.4. The maximum atomic E-state index is 12.4. The molecule has 0 aliphatic rings. The predicted octanol–water partition coefficient (Wildman–Crippen LogP) is 6.40. The molecule has 0 saturated carbocycles. The van der Waals surface area contributed by atoms with Gasteiger partial charge in [0.25, 0.3) is 11.1 Å². The number of fused-ring (bicyclic) bond motifs is 1. The van der Waals surface area contributed by atoms with Crippen LogP contribution in [-0.2, 0) is 4.79 Å². The summed E-state index contributed by atoms with van der Waals surface area (Å²) in [7, 11) is 0. The van der Waals surface area contributed by atoms with E-state index in [9.17, 15) is 4.79 Å². The van der Waals surface area contributed by atoms with Crippen LogP contribution in [-0.4, -0.2) is 21.9 Å². The molecule has 3 aromatic carbocycles. The summed E-state index contributed by atoms with van der Waals surface area (Å²) in [5.74, 6) is 0.699. The molecule has 0 radical (unpaired) electrons. The Labute approximate surface area is 192 Å². The Kier molecular flexibility index (Phi) is 6.65. The van der Waals surface area contributed by atoms with Crippen molar-refractivity contribution in [2.45, 2.75) is 18.3 Å². The van der Waals surface area contributed by atoms with Crippen LogP contribution in [0.15, 0.2) is 70.3 Å². The molecule has 0 spiro atoms. The van der Waals surface area contributed by atoms with Crippen LogP contribution < -0.4 is 10.1 Å². The molecule has 1 aromatic heterocycles. The smallest absolute Gasteiger partial charge is 0.277 e. The van der Waals surface area contributed by atoms with E-state index in [-0.39, 0.29) is 22.8 Å². The standard InChI is InChI=1S/C22H17Cl2N3O3S/c1-13(29-19-10-9-15(23)11-17(19)24)21-26-27-22(30-21)31-12-20(28)25-18-8-4-6-14-5-2-3-7-16(14)18/h2-11,13H,12H2,1H3,(H,25,28)/t13-/m1/s1. The monoisotopic (exact) mass is 473 g/mol. The van der Waals surface area contributed by atoms with E-state index in [0.717, 1.165) is 28.2 Å². The van der Waals surface area contributed by atoms with Gasteiger partial charge in [0.1, 0.15) is 5.75 Å². The molecule has 4 rings (SSSR count). The van der Waals surface area contributed by atoms with Gasteiger partial charge in [-0.2, -0.15) is 0 Å². The summed E-state index contributed by atoms with van der Waals surface area (Å²) in [5.41, 5.74) is 0.761. The topological polar surface area (TPSA) is 77.2 Å². The molecule has 0 bridgehead atoms. The van der Waals surface area contributed by atoms with Crippen LogP contribution >= 0.6 is 35.0 Å². The van der Waals surface area contributed by atoms with E-state index < -0.39 is 6.10 Å². The minimum atomic E-state index is -0.523. The summed E-state index contributed by atoms with van der Waals surface area (Å²) in [5, 5.41) is 14.1. The number of nitrogens with one attached hydrogen (secondary N) is 1. The SMILES string of the molecule is C[C@@H](Oc1ccc(Cl)cc1Cl)c1nnc(SCC(=O)Nc2cccc3ccccc23)o1. The maximum Gasteiger partial charge on any atom is 0.277 e. The third kappa shape index (κ3) is 5.31. The number of rotatable bonds is 7. The second kappa shape index (κ2) is 9.60. The molecule has 0 fully saturated rings. The van der Waals surface area contributed by atoms with Crippen LogP contribution in [0.5, 0.6) is 5.75 Å². The highest BCUT2D eigenvalue weighted by molar-refractivity contribution is 7.99. The number of hydrogen-bond donors (Lipinski definition) is 1. The molecule has 1 amide bonds. The van der Waals surface area contributed by atoms with Gasteiger partial charge in [0, 0.05) is 16.1 Å². The molecule has 0 aliphatic carbocycles. The molecule has 158 valence electrons. The van der Waals surface area contributed by atoms with Gasteiger partial charge in [-0.15, -0.1) is 10.2 Å². The van der Waals surface area contributed by atoms with Gasteiger partial charge in [0.2, 0.25) is 5.91 Å².